The summed E-state index contributed by atoms with van der Waals surface area (Å²) < 4.78 is 0. The Morgan fingerprint density at radius 3 is 2.67 bits per heavy atom. The highest BCUT2D eigenvalue weighted by atomic mass is 35.5. The molecule has 1 amide bonds. The van der Waals surface area contributed by atoms with Crippen molar-refractivity contribution in [1.82, 2.24) is 0 Å². The highest BCUT2D eigenvalue weighted by Crippen LogP contribution is 2.40. The van der Waals surface area contributed by atoms with Crippen molar-refractivity contribution in [3.8, 4) is 0 Å². The number of anilines is 2. The maximum Gasteiger partial charge on any atom is 0.258 e. The van der Waals surface area contributed by atoms with E-state index in [9.17, 15) is 4.79 Å². The van der Waals surface area contributed by atoms with Gasteiger partial charge in [-0.3, -0.25) is 9.79 Å². The smallest absolute Gasteiger partial charge is 0.258 e. The van der Waals surface area contributed by atoms with Crippen LogP contribution in [-0.4, -0.2) is 18.2 Å². The van der Waals surface area contributed by atoms with Crippen molar-refractivity contribution < 1.29 is 4.79 Å². The first-order valence-corrected chi connectivity index (χ1v) is 8.25. The fourth-order valence-electron chi connectivity index (χ4n) is 3.18. The van der Waals surface area contributed by atoms with Crippen molar-refractivity contribution in [3.63, 3.8) is 0 Å². The van der Waals surface area contributed by atoms with Crippen LogP contribution in [0.2, 0.25) is 5.02 Å². The molecule has 0 spiro atoms. The number of nitrogens with one attached hydrogen (secondary N) is 2. The number of carbonyl (C=O) groups excluding carboxylic acids is 1. The first-order valence-electron chi connectivity index (χ1n) is 7.87. The lowest BCUT2D eigenvalue weighted by molar-refractivity contribution is -0.110. The SMILES string of the molecule is CC/N=C1/C(=C2/C(=O)Nc3cc(C)c(Cl)cc32)Nc2ccccc21. The Morgan fingerprint density at radius 2 is 1.88 bits per heavy atom. The van der Waals surface area contributed by atoms with Gasteiger partial charge in [-0.2, -0.15) is 0 Å². The quantitative estimate of drug-likeness (QED) is 0.764. The van der Waals surface area contributed by atoms with Crippen molar-refractivity contribution >= 4 is 40.2 Å². The van der Waals surface area contributed by atoms with Crippen LogP contribution in [0.25, 0.3) is 5.57 Å². The van der Waals surface area contributed by atoms with Crippen LogP contribution in [0.3, 0.4) is 0 Å². The minimum Gasteiger partial charge on any atom is -0.353 e. The molecule has 5 heteroatoms. The monoisotopic (exact) mass is 337 g/mol. The van der Waals surface area contributed by atoms with E-state index in [-0.39, 0.29) is 5.91 Å². The van der Waals surface area contributed by atoms with Gasteiger partial charge in [-0.05, 0) is 37.6 Å². The summed E-state index contributed by atoms with van der Waals surface area (Å²) in [5, 5.41) is 6.94. The van der Waals surface area contributed by atoms with E-state index >= 15 is 0 Å². The molecule has 0 unspecified atom stereocenters. The Balaban J connectivity index is 1.97. The summed E-state index contributed by atoms with van der Waals surface area (Å²) in [4.78, 5) is 17.3. The zero-order chi connectivity index (χ0) is 16.8. The highest BCUT2D eigenvalue weighted by Gasteiger charge is 2.33. The number of para-hydroxylation sites is 1. The maximum absolute atomic E-state index is 12.6. The number of hydrogen-bond acceptors (Lipinski definition) is 3. The van der Waals surface area contributed by atoms with Gasteiger partial charge in [0.05, 0.1) is 17.0 Å². The number of hydrogen-bond donors (Lipinski definition) is 2. The van der Waals surface area contributed by atoms with Crippen molar-refractivity contribution in [2.24, 2.45) is 4.99 Å². The van der Waals surface area contributed by atoms with E-state index in [1.807, 2.05) is 50.2 Å². The lowest BCUT2D eigenvalue weighted by atomic mass is 10.0. The second-order valence-electron chi connectivity index (χ2n) is 5.84. The number of nitrogens with zero attached hydrogens (tertiary/aromatic N) is 1. The molecule has 2 N–H and O–H groups in total. The minimum absolute atomic E-state index is 0.134. The minimum atomic E-state index is -0.134. The van der Waals surface area contributed by atoms with E-state index < -0.39 is 0 Å². The number of amides is 1. The van der Waals surface area contributed by atoms with E-state index in [4.69, 9.17) is 11.6 Å². The molecule has 4 rings (SSSR count). The van der Waals surface area contributed by atoms with E-state index in [2.05, 4.69) is 15.6 Å². The predicted molar refractivity (Wildman–Crippen MR) is 98.9 cm³/mol. The summed E-state index contributed by atoms with van der Waals surface area (Å²) in [6, 6.07) is 11.7. The van der Waals surface area contributed by atoms with Crippen LogP contribution in [0, 0.1) is 6.92 Å². The molecule has 2 aliphatic heterocycles. The average Bonchev–Trinajstić information content (AvgIpc) is 3.06. The first kappa shape index (κ1) is 15.0. The van der Waals surface area contributed by atoms with Crippen LogP contribution >= 0.6 is 11.6 Å². The third-order valence-electron chi connectivity index (χ3n) is 4.29. The van der Waals surface area contributed by atoms with Crippen molar-refractivity contribution in [2.45, 2.75) is 13.8 Å². The second-order valence-corrected chi connectivity index (χ2v) is 6.25. The van der Waals surface area contributed by atoms with E-state index in [0.29, 0.717) is 17.1 Å². The Bertz CT molecular complexity index is 944. The molecule has 0 radical (unpaired) electrons. The molecule has 120 valence electrons. The summed E-state index contributed by atoms with van der Waals surface area (Å²) in [7, 11) is 0. The highest BCUT2D eigenvalue weighted by molar-refractivity contribution is 6.40. The lowest BCUT2D eigenvalue weighted by Gasteiger charge is -2.07. The van der Waals surface area contributed by atoms with E-state index in [1.54, 1.807) is 0 Å². The number of rotatable bonds is 1. The molecule has 0 aromatic heterocycles. The van der Waals surface area contributed by atoms with Crippen molar-refractivity contribution in [3.05, 3.63) is 63.8 Å². The summed E-state index contributed by atoms with van der Waals surface area (Å²) in [5.74, 6) is -0.134. The molecule has 24 heavy (non-hydrogen) atoms. The van der Waals surface area contributed by atoms with E-state index in [1.165, 1.54) is 0 Å². The molecule has 2 aliphatic rings. The molecular formula is C19H16ClN3O. The number of aryl methyl sites for hydroxylation is 1. The van der Waals surface area contributed by atoms with Gasteiger partial charge in [0.25, 0.3) is 5.91 Å². The Hall–Kier alpha value is -2.59. The third-order valence-corrected chi connectivity index (χ3v) is 4.70. The van der Waals surface area contributed by atoms with Gasteiger partial charge in [0.1, 0.15) is 0 Å². The van der Waals surface area contributed by atoms with Crippen LogP contribution in [0.1, 0.15) is 23.6 Å². The van der Waals surface area contributed by atoms with Gasteiger partial charge in [0.2, 0.25) is 0 Å². The van der Waals surface area contributed by atoms with E-state index in [0.717, 1.165) is 39.5 Å². The summed E-state index contributed by atoms with van der Waals surface area (Å²) >= 11 is 6.29. The zero-order valence-corrected chi connectivity index (χ0v) is 14.2. The van der Waals surface area contributed by atoms with Crippen molar-refractivity contribution in [1.29, 1.82) is 0 Å². The number of allylic oxidation sites excluding steroid dienone is 1. The maximum atomic E-state index is 12.6. The Kier molecular flexibility index (Phi) is 3.43. The van der Waals surface area contributed by atoms with Gasteiger partial charge in [0.15, 0.2) is 0 Å². The van der Waals surface area contributed by atoms with Crippen LogP contribution < -0.4 is 10.6 Å². The van der Waals surface area contributed by atoms with Crippen molar-refractivity contribution in [2.75, 3.05) is 17.2 Å². The Labute approximate surface area is 145 Å². The topological polar surface area (TPSA) is 53.5 Å². The van der Waals surface area contributed by atoms with Crippen LogP contribution in [0.5, 0.6) is 0 Å². The standard InChI is InChI=1S/C19H16ClN3O/c1-3-21-17-11-6-4-5-7-14(11)22-18(17)16-12-9-13(20)10(2)8-15(12)23-19(16)24/h4-9,22H,3H2,1-2H3,(H,23,24)/b18-16-,21-17+. The normalized spacial score (nSPS) is 20.0. The number of fused-ring (bicyclic) bond motifs is 2. The molecule has 0 saturated carbocycles. The summed E-state index contributed by atoms with van der Waals surface area (Å²) in [6.45, 7) is 4.55. The lowest BCUT2D eigenvalue weighted by Crippen LogP contribution is -2.12. The largest absolute Gasteiger partial charge is 0.353 e. The number of halogens is 1. The molecule has 0 saturated heterocycles. The molecule has 4 nitrogen and oxygen atoms in total. The van der Waals surface area contributed by atoms with Gasteiger partial charge < -0.3 is 10.6 Å². The average molecular weight is 338 g/mol. The fourth-order valence-corrected chi connectivity index (χ4v) is 3.34. The van der Waals surface area contributed by atoms with Crippen LogP contribution in [0.15, 0.2) is 47.1 Å². The Morgan fingerprint density at radius 1 is 1.08 bits per heavy atom. The molecule has 0 fully saturated rings. The molecule has 2 aromatic carbocycles. The molecule has 2 aromatic rings. The molecule has 0 bridgehead atoms. The zero-order valence-electron chi connectivity index (χ0n) is 13.4. The number of aliphatic imine (C=N–C) groups is 1. The third kappa shape index (κ3) is 2.14. The first-order chi connectivity index (χ1) is 11.6. The van der Waals surface area contributed by atoms with Gasteiger partial charge in [-0.1, -0.05) is 29.8 Å². The summed E-state index contributed by atoms with van der Waals surface area (Å²) in [6.07, 6.45) is 0. The van der Waals surface area contributed by atoms with Gasteiger partial charge in [-0.15, -0.1) is 0 Å². The number of carbonyl (C=O) groups is 1. The molecule has 0 aliphatic carbocycles. The second kappa shape index (κ2) is 5.49. The van der Waals surface area contributed by atoms with Gasteiger partial charge in [-0.25, -0.2) is 0 Å². The fraction of sp³-hybridized carbons (Fsp3) is 0.158. The number of benzene rings is 2. The van der Waals surface area contributed by atoms with Gasteiger partial charge >= 0.3 is 0 Å². The predicted octanol–water partition coefficient (Wildman–Crippen LogP) is 4.25. The van der Waals surface area contributed by atoms with Gasteiger partial charge in [0, 0.05) is 34.1 Å². The molecular weight excluding hydrogens is 322 g/mol. The van der Waals surface area contributed by atoms with Crippen LogP contribution in [0.4, 0.5) is 11.4 Å². The molecule has 0 atom stereocenters. The molecule has 2 heterocycles. The summed E-state index contributed by atoms with van der Waals surface area (Å²) in [5.41, 5.74) is 6.68. The van der Waals surface area contributed by atoms with Crippen LogP contribution in [-0.2, 0) is 4.79 Å².